The van der Waals surface area contributed by atoms with Crippen molar-refractivity contribution in [1.82, 2.24) is 4.90 Å². The first-order valence-corrected chi connectivity index (χ1v) is 17.6. The molecule has 4 N–H and O–H groups in total. The Bertz CT molecular complexity index is 472. The van der Waals surface area contributed by atoms with E-state index in [2.05, 4.69) is 23.3 Å². The van der Waals surface area contributed by atoms with E-state index in [-0.39, 0.29) is 19.8 Å². The molecule has 0 unspecified atom stereocenters. The molecule has 0 aromatic heterocycles. The molecule has 0 radical (unpaired) electrons. The van der Waals surface area contributed by atoms with Gasteiger partial charge in [0.25, 0.3) is 0 Å². The second kappa shape index (κ2) is 33.2. The molecular formula is C30H66NO6P. The van der Waals surface area contributed by atoms with Crippen LogP contribution >= 0.6 is 7.82 Å². The molecule has 0 fully saturated rings. The summed E-state index contributed by atoms with van der Waals surface area (Å²) >= 11 is 0. The molecule has 0 amide bonds. The van der Waals surface area contributed by atoms with Crippen molar-refractivity contribution in [1.29, 1.82) is 0 Å². The largest absolute Gasteiger partial charge is 0.469 e. The van der Waals surface area contributed by atoms with E-state index < -0.39 is 7.82 Å². The molecule has 0 bridgehead atoms. The number of rotatable bonds is 29. The van der Waals surface area contributed by atoms with Crippen molar-refractivity contribution in [2.24, 2.45) is 0 Å². The molecule has 38 heavy (non-hydrogen) atoms. The number of unbranched alkanes of at least 4 members (excludes halogenated alkanes) is 20. The maximum Gasteiger partial charge on any atom is 0.469 e. The highest BCUT2D eigenvalue weighted by atomic mass is 31.2. The first-order chi connectivity index (χ1) is 18.4. The highest BCUT2D eigenvalue weighted by Crippen LogP contribution is 2.35. The maximum atomic E-state index is 10.4. The van der Waals surface area contributed by atoms with Crippen LogP contribution in [0.4, 0.5) is 0 Å². The molecule has 0 aliphatic carbocycles. The minimum atomic E-state index is -4.25. The first-order valence-electron chi connectivity index (χ1n) is 16.0. The van der Waals surface area contributed by atoms with E-state index in [0.29, 0.717) is 13.1 Å². The average Bonchev–Trinajstić information content (AvgIpc) is 2.88. The summed E-state index contributed by atoms with van der Waals surface area (Å²) in [5.41, 5.74) is 0. The van der Waals surface area contributed by atoms with Gasteiger partial charge in [0.05, 0.1) is 19.8 Å². The van der Waals surface area contributed by atoms with Crippen molar-refractivity contribution in [2.75, 3.05) is 39.5 Å². The summed E-state index contributed by atoms with van der Waals surface area (Å²) < 4.78 is 14.8. The van der Waals surface area contributed by atoms with Crippen LogP contribution in [0, 0.1) is 0 Å². The lowest BCUT2D eigenvalue weighted by Gasteiger charge is -2.19. The molecule has 0 saturated carbocycles. The first kappa shape index (κ1) is 40.1. The Hall–Kier alpha value is -0.0100. The summed E-state index contributed by atoms with van der Waals surface area (Å²) in [6, 6.07) is 0. The van der Waals surface area contributed by atoms with Gasteiger partial charge in [-0.05, 0) is 19.4 Å². The maximum absolute atomic E-state index is 10.4. The smallest absolute Gasteiger partial charge is 0.395 e. The van der Waals surface area contributed by atoms with Gasteiger partial charge in [-0.2, -0.15) is 0 Å². The number of phosphoric ester groups is 1. The Balaban J connectivity index is 0. The number of hydrogen-bond donors (Lipinski definition) is 4. The third-order valence-corrected chi connectivity index (χ3v) is 7.44. The van der Waals surface area contributed by atoms with Gasteiger partial charge in [0.1, 0.15) is 0 Å². The van der Waals surface area contributed by atoms with Crippen molar-refractivity contribution < 1.29 is 29.1 Å². The number of aliphatic hydroxyl groups is 2. The Morgan fingerprint density at radius 2 is 0.816 bits per heavy atom. The number of phosphoric acid groups is 1. The summed E-state index contributed by atoms with van der Waals surface area (Å²) in [6.45, 7) is 7.45. The van der Waals surface area contributed by atoms with Gasteiger partial charge in [-0.3, -0.25) is 9.42 Å². The van der Waals surface area contributed by atoms with Crippen LogP contribution in [0.2, 0.25) is 0 Å². The Morgan fingerprint density at radius 1 is 0.500 bits per heavy atom. The zero-order valence-electron chi connectivity index (χ0n) is 25.3. The SMILES string of the molecule is CCCCCCCCCCCCCCOP(=O)(O)O.CCCCCCCCCCCCN(CCO)CCO. The number of nitrogens with zero attached hydrogens (tertiary/aromatic N) is 1. The zero-order valence-corrected chi connectivity index (χ0v) is 26.2. The van der Waals surface area contributed by atoms with Gasteiger partial charge in [-0.1, -0.05) is 142 Å². The van der Waals surface area contributed by atoms with Crippen LogP contribution in [-0.4, -0.2) is 64.4 Å². The summed E-state index contributed by atoms with van der Waals surface area (Å²) in [5.74, 6) is 0. The molecule has 0 aromatic rings. The van der Waals surface area contributed by atoms with E-state index in [0.717, 1.165) is 25.8 Å². The van der Waals surface area contributed by atoms with Gasteiger partial charge in [0.15, 0.2) is 0 Å². The van der Waals surface area contributed by atoms with Crippen LogP contribution in [0.15, 0.2) is 0 Å². The molecule has 0 heterocycles. The normalized spacial score (nSPS) is 11.7. The fourth-order valence-corrected chi connectivity index (χ4v) is 4.93. The second-order valence-electron chi connectivity index (χ2n) is 10.7. The summed E-state index contributed by atoms with van der Waals surface area (Å²) in [4.78, 5) is 19.1. The van der Waals surface area contributed by atoms with Crippen LogP contribution < -0.4 is 0 Å². The van der Waals surface area contributed by atoms with Crippen molar-refractivity contribution in [2.45, 2.75) is 155 Å². The van der Waals surface area contributed by atoms with Crippen molar-refractivity contribution in [3.05, 3.63) is 0 Å². The second-order valence-corrected chi connectivity index (χ2v) is 11.9. The van der Waals surface area contributed by atoms with E-state index in [4.69, 9.17) is 20.0 Å². The van der Waals surface area contributed by atoms with Gasteiger partial charge in [-0.15, -0.1) is 0 Å². The minimum absolute atomic E-state index is 0.168. The Kier molecular flexibility index (Phi) is 35.1. The summed E-state index contributed by atoms with van der Waals surface area (Å²) in [6.07, 6.45) is 28.4. The highest BCUT2D eigenvalue weighted by molar-refractivity contribution is 7.46. The van der Waals surface area contributed by atoms with Crippen LogP contribution in [0.3, 0.4) is 0 Å². The molecule has 8 heteroatoms. The van der Waals surface area contributed by atoms with Crippen molar-refractivity contribution in [3.8, 4) is 0 Å². The zero-order chi connectivity index (χ0) is 28.6. The van der Waals surface area contributed by atoms with Crippen LogP contribution in [0.25, 0.3) is 0 Å². The fraction of sp³-hybridized carbons (Fsp3) is 1.00. The van der Waals surface area contributed by atoms with Gasteiger partial charge < -0.3 is 20.0 Å². The lowest BCUT2D eigenvalue weighted by Crippen LogP contribution is -2.30. The quantitative estimate of drug-likeness (QED) is 0.0535. The highest BCUT2D eigenvalue weighted by Gasteiger charge is 2.12. The number of hydrogen-bond acceptors (Lipinski definition) is 5. The van der Waals surface area contributed by atoms with E-state index in [1.807, 2.05) is 0 Å². The van der Waals surface area contributed by atoms with E-state index in [1.165, 1.54) is 122 Å². The van der Waals surface area contributed by atoms with Gasteiger partial charge in [-0.25, -0.2) is 4.57 Å². The summed E-state index contributed by atoms with van der Waals surface area (Å²) in [5, 5.41) is 17.8. The van der Waals surface area contributed by atoms with Crippen LogP contribution in [0.5, 0.6) is 0 Å². The molecule has 0 aromatic carbocycles. The summed E-state index contributed by atoms with van der Waals surface area (Å²) in [7, 11) is -4.25. The van der Waals surface area contributed by atoms with Crippen molar-refractivity contribution >= 4 is 7.82 Å². The minimum Gasteiger partial charge on any atom is -0.395 e. The lowest BCUT2D eigenvalue weighted by molar-refractivity contribution is 0.159. The van der Waals surface area contributed by atoms with E-state index in [9.17, 15) is 4.57 Å². The van der Waals surface area contributed by atoms with Gasteiger partial charge >= 0.3 is 7.82 Å². The van der Waals surface area contributed by atoms with Gasteiger partial charge in [0, 0.05) is 13.1 Å². The number of aliphatic hydroxyl groups excluding tert-OH is 2. The average molecular weight is 568 g/mol. The molecule has 0 saturated heterocycles. The Labute approximate surface area is 236 Å². The van der Waals surface area contributed by atoms with Gasteiger partial charge in [0.2, 0.25) is 0 Å². The van der Waals surface area contributed by atoms with E-state index in [1.54, 1.807) is 0 Å². The molecule has 0 atom stereocenters. The standard InChI is InChI=1S/C16H35NO2.C14H31O4P/c1-2-3-4-5-6-7-8-9-10-11-12-17(13-15-18)14-16-19;1-2-3-4-5-6-7-8-9-10-11-12-13-14-18-19(15,16)17/h18-19H,2-16H2,1H3;2-14H2,1H3,(H2,15,16,17). The van der Waals surface area contributed by atoms with Crippen LogP contribution in [0.1, 0.15) is 155 Å². The molecule has 0 aliphatic rings. The molecule has 232 valence electrons. The molecule has 0 spiro atoms. The molecule has 0 rings (SSSR count). The predicted molar refractivity (Wildman–Crippen MR) is 162 cm³/mol. The predicted octanol–water partition coefficient (Wildman–Crippen LogP) is 7.99. The fourth-order valence-electron chi connectivity index (χ4n) is 4.57. The van der Waals surface area contributed by atoms with Crippen LogP contribution in [-0.2, 0) is 9.09 Å². The monoisotopic (exact) mass is 567 g/mol. The lowest BCUT2D eigenvalue weighted by atomic mass is 10.1. The Morgan fingerprint density at radius 3 is 1.13 bits per heavy atom. The molecule has 0 aliphatic heterocycles. The topological polar surface area (TPSA) is 110 Å². The molecular weight excluding hydrogens is 501 g/mol. The third kappa shape index (κ3) is 38.1. The molecule has 7 nitrogen and oxygen atoms in total. The van der Waals surface area contributed by atoms with E-state index >= 15 is 0 Å². The third-order valence-electron chi connectivity index (χ3n) is 6.92. The van der Waals surface area contributed by atoms with Crippen molar-refractivity contribution in [3.63, 3.8) is 0 Å².